The number of hydrogen-bond acceptors (Lipinski definition) is 6. The molecule has 0 unspecified atom stereocenters. The summed E-state index contributed by atoms with van der Waals surface area (Å²) in [5.74, 6) is -0.428. The number of carboxylic acids is 1. The molecule has 10 heteroatoms. The third kappa shape index (κ3) is 7.02. The summed E-state index contributed by atoms with van der Waals surface area (Å²) >= 11 is 12.2. The number of methoxy groups -OCH3 is 2. The van der Waals surface area contributed by atoms with Gasteiger partial charge in [0.15, 0.2) is 0 Å². The van der Waals surface area contributed by atoms with Gasteiger partial charge in [0.1, 0.15) is 17.5 Å². The van der Waals surface area contributed by atoms with E-state index in [9.17, 15) is 14.7 Å². The first-order valence-electron chi connectivity index (χ1n) is 12.6. The van der Waals surface area contributed by atoms with Gasteiger partial charge in [-0.05, 0) is 41.0 Å². The van der Waals surface area contributed by atoms with E-state index in [2.05, 4.69) is 15.5 Å². The molecule has 0 bridgehead atoms. The maximum Gasteiger partial charge on any atom is 0.326 e. The Kier molecular flexibility index (Phi) is 9.69. The highest BCUT2D eigenvalue weighted by molar-refractivity contribution is 6.39. The molecule has 3 aromatic rings. The van der Waals surface area contributed by atoms with Crippen LogP contribution in [0.3, 0.4) is 0 Å². The molecule has 0 spiro atoms. The maximum absolute atomic E-state index is 12.7. The van der Waals surface area contributed by atoms with Gasteiger partial charge in [0.2, 0.25) is 0 Å². The molecule has 39 heavy (non-hydrogen) atoms. The van der Waals surface area contributed by atoms with Crippen LogP contribution >= 0.6 is 23.2 Å². The second-order valence-electron chi connectivity index (χ2n) is 9.26. The van der Waals surface area contributed by atoms with E-state index in [0.29, 0.717) is 11.5 Å². The topological polar surface area (TPSA) is 100 Å². The molecule has 8 nitrogen and oxygen atoms in total. The molecule has 0 radical (unpaired) electrons. The Labute approximate surface area is 237 Å². The fourth-order valence-corrected chi connectivity index (χ4v) is 5.23. The van der Waals surface area contributed by atoms with Gasteiger partial charge in [-0.25, -0.2) is 4.79 Å². The number of carbonyl (C=O) groups excluding carboxylic acids is 1. The molecule has 1 fully saturated rings. The highest BCUT2D eigenvalue weighted by atomic mass is 35.5. The molecular formula is C29H31Cl2N3O5. The summed E-state index contributed by atoms with van der Waals surface area (Å²) in [6.45, 7) is 4.71. The van der Waals surface area contributed by atoms with E-state index in [-0.39, 0.29) is 22.0 Å². The van der Waals surface area contributed by atoms with Gasteiger partial charge in [0, 0.05) is 39.1 Å². The lowest BCUT2D eigenvalue weighted by Crippen LogP contribution is -2.42. The molecule has 0 aliphatic carbocycles. The first kappa shape index (κ1) is 28.7. The van der Waals surface area contributed by atoms with Crippen LogP contribution in [0.1, 0.15) is 21.5 Å². The molecule has 1 aliphatic heterocycles. The normalized spacial score (nSPS) is 14.5. The molecule has 3 N–H and O–H groups in total. The highest BCUT2D eigenvalue weighted by Crippen LogP contribution is 2.40. The number of carboxylic acid groups (broad SMARTS) is 1. The van der Waals surface area contributed by atoms with Crippen LogP contribution < -0.4 is 20.1 Å². The largest absolute Gasteiger partial charge is 0.496 e. The van der Waals surface area contributed by atoms with Gasteiger partial charge in [-0.1, -0.05) is 53.5 Å². The SMILES string of the molecule is COc1cc(CN2CCNCC2)cc(OC)c1-c1ccc(C[C@H](NC(=O)c2c(Cl)cccc2Cl)C(=O)O)cc1. The molecule has 3 aromatic carbocycles. The third-order valence-electron chi connectivity index (χ3n) is 6.66. The number of carbonyl (C=O) groups is 2. The van der Waals surface area contributed by atoms with Crippen LogP contribution in [-0.2, 0) is 17.8 Å². The maximum atomic E-state index is 12.7. The van der Waals surface area contributed by atoms with Gasteiger partial charge in [0.25, 0.3) is 5.91 Å². The quantitative estimate of drug-likeness (QED) is 0.329. The van der Waals surface area contributed by atoms with Crippen LogP contribution in [0.15, 0.2) is 54.6 Å². The monoisotopic (exact) mass is 571 g/mol. The summed E-state index contributed by atoms with van der Waals surface area (Å²) in [5, 5.41) is 16.0. The average Bonchev–Trinajstić information content (AvgIpc) is 2.93. The zero-order valence-corrected chi connectivity index (χ0v) is 23.3. The van der Waals surface area contributed by atoms with Crippen LogP contribution in [0, 0.1) is 0 Å². The van der Waals surface area contributed by atoms with E-state index in [4.69, 9.17) is 32.7 Å². The molecule has 0 saturated carbocycles. The van der Waals surface area contributed by atoms with Gasteiger partial charge < -0.3 is 25.2 Å². The van der Waals surface area contributed by atoms with Gasteiger partial charge in [0.05, 0.1) is 35.4 Å². The Morgan fingerprint density at radius 3 is 2.10 bits per heavy atom. The summed E-state index contributed by atoms with van der Waals surface area (Å²) in [4.78, 5) is 27.1. The zero-order chi connectivity index (χ0) is 27.9. The summed E-state index contributed by atoms with van der Waals surface area (Å²) in [5.41, 5.74) is 3.55. The Balaban J connectivity index is 1.53. The molecule has 1 aliphatic rings. The van der Waals surface area contributed by atoms with Gasteiger partial charge in [-0.15, -0.1) is 0 Å². The molecule has 4 rings (SSSR count). The Morgan fingerprint density at radius 2 is 1.56 bits per heavy atom. The molecule has 1 atom stereocenters. The van der Waals surface area contributed by atoms with E-state index < -0.39 is 17.9 Å². The number of benzene rings is 3. The molecule has 1 heterocycles. The van der Waals surface area contributed by atoms with Crippen molar-refractivity contribution in [2.45, 2.75) is 19.0 Å². The van der Waals surface area contributed by atoms with Crippen molar-refractivity contribution >= 4 is 35.1 Å². The van der Waals surface area contributed by atoms with Crippen LogP contribution in [0.25, 0.3) is 11.1 Å². The van der Waals surface area contributed by atoms with Crippen molar-refractivity contribution in [1.82, 2.24) is 15.5 Å². The number of rotatable bonds is 10. The van der Waals surface area contributed by atoms with Crippen molar-refractivity contribution in [3.63, 3.8) is 0 Å². The molecule has 206 valence electrons. The summed E-state index contributed by atoms with van der Waals surface area (Å²) in [6.07, 6.45) is 0.0708. The van der Waals surface area contributed by atoms with Crippen molar-refractivity contribution in [2.75, 3.05) is 40.4 Å². The molecule has 0 aromatic heterocycles. The minimum absolute atomic E-state index is 0.0435. The number of piperazine rings is 1. The number of ether oxygens (including phenoxy) is 2. The average molecular weight is 572 g/mol. The first-order chi connectivity index (χ1) is 18.8. The minimum Gasteiger partial charge on any atom is -0.496 e. The molecule has 1 saturated heterocycles. The van der Waals surface area contributed by atoms with Gasteiger partial charge in [-0.3, -0.25) is 9.69 Å². The van der Waals surface area contributed by atoms with E-state index >= 15 is 0 Å². The minimum atomic E-state index is -1.18. The van der Waals surface area contributed by atoms with Gasteiger partial charge in [-0.2, -0.15) is 0 Å². The number of aliphatic carboxylic acids is 1. The summed E-state index contributed by atoms with van der Waals surface area (Å²) in [6, 6.07) is 15.0. The molecular weight excluding hydrogens is 541 g/mol. The fourth-order valence-electron chi connectivity index (χ4n) is 4.66. The van der Waals surface area contributed by atoms with Crippen LogP contribution in [0.2, 0.25) is 10.0 Å². The molecule has 1 amide bonds. The Morgan fingerprint density at radius 1 is 0.974 bits per heavy atom. The second kappa shape index (κ2) is 13.2. The van der Waals surface area contributed by atoms with Crippen LogP contribution in [-0.4, -0.2) is 68.3 Å². The number of hydrogen-bond donors (Lipinski definition) is 3. The Hall–Kier alpha value is -3.30. The lowest BCUT2D eigenvalue weighted by Gasteiger charge is -2.27. The van der Waals surface area contributed by atoms with E-state index in [1.54, 1.807) is 20.3 Å². The fraction of sp³-hybridized carbons (Fsp3) is 0.310. The van der Waals surface area contributed by atoms with Crippen molar-refractivity contribution in [2.24, 2.45) is 0 Å². The first-order valence-corrected chi connectivity index (χ1v) is 13.3. The summed E-state index contributed by atoms with van der Waals surface area (Å²) in [7, 11) is 3.26. The number of amides is 1. The Bertz CT molecular complexity index is 1280. The van der Waals surface area contributed by atoms with Crippen LogP contribution in [0.4, 0.5) is 0 Å². The lowest BCUT2D eigenvalue weighted by molar-refractivity contribution is -0.139. The lowest BCUT2D eigenvalue weighted by atomic mass is 9.97. The number of nitrogens with one attached hydrogen (secondary N) is 2. The van der Waals surface area contributed by atoms with Crippen molar-refractivity contribution in [3.8, 4) is 22.6 Å². The standard InChI is InChI=1S/C29H31Cl2N3O5/c1-38-24-15-19(17-34-12-10-32-11-13-34)16-25(39-2)26(24)20-8-6-18(7-9-20)14-23(29(36)37)33-28(35)27-21(30)4-3-5-22(27)31/h3-9,15-16,23,32H,10-14,17H2,1-2H3,(H,33,35)(H,36,37)/t23-/m0/s1. The highest BCUT2D eigenvalue weighted by Gasteiger charge is 2.24. The van der Waals surface area contributed by atoms with Crippen molar-refractivity contribution < 1.29 is 24.2 Å². The van der Waals surface area contributed by atoms with Crippen molar-refractivity contribution in [1.29, 1.82) is 0 Å². The zero-order valence-electron chi connectivity index (χ0n) is 21.8. The summed E-state index contributed by atoms with van der Waals surface area (Å²) < 4.78 is 11.5. The van der Waals surface area contributed by atoms with Gasteiger partial charge >= 0.3 is 5.97 Å². The van der Waals surface area contributed by atoms with E-state index in [1.807, 2.05) is 36.4 Å². The number of nitrogens with zero attached hydrogens (tertiary/aromatic N) is 1. The predicted molar refractivity (Wildman–Crippen MR) is 152 cm³/mol. The number of halogens is 2. The predicted octanol–water partition coefficient (Wildman–Crippen LogP) is 4.51. The van der Waals surface area contributed by atoms with Crippen molar-refractivity contribution in [3.05, 3.63) is 81.3 Å². The smallest absolute Gasteiger partial charge is 0.326 e. The van der Waals surface area contributed by atoms with E-state index in [1.165, 1.54) is 12.1 Å². The third-order valence-corrected chi connectivity index (χ3v) is 7.29. The van der Waals surface area contributed by atoms with Crippen LogP contribution in [0.5, 0.6) is 11.5 Å². The van der Waals surface area contributed by atoms with E-state index in [0.717, 1.165) is 55.0 Å². The second-order valence-corrected chi connectivity index (χ2v) is 10.1.